The summed E-state index contributed by atoms with van der Waals surface area (Å²) in [4.78, 5) is 0. The van der Waals surface area contributed by atoms with Crippen molar-refractivity contribution < 1.29 is 26.7 Å². The Morgan fingerprint density at radius 2 is 1.52 bits per heavy atom. The van der Waals surface area contributed by atoms with Crippen LogP contribution in [-0.4, -0.2) is 7.11 Å². The molecule has 140 valence electrons. The van der Waals surface area contributed by atoms with E-state index in [1.165, 1.54) is 31.4 Å². The number of fused-ring (bicyclic) bond motifs is 1. The zero-order valence-electron chi connectivity index (χ0n) is 14.5. The number of halogens is 5. The molecule has 0 atom stereocenters. The summed E-state index contributed by atoms with van der Waals surface area (Å²) >= 11 is 0. The fraction of sp³-hybridized carbons (Fsp3) is 0.143. The summed E-state index contributed by atoms with van der Waals surface area (Å²) in [6.07, 6.45) is 0.716. The minimum Gasteiger partial charge on any atom is -0.494 e. The maximum absolute atomic E-state index is 14.6. The average molecular weight is 378 g/mol. The Kier molecular flexibility index (Phi) is 5.17. The van der Waals surface area contributed by atoms with E-state index < -0.39 is 40.1 Å². The lowest BCUT2D eigenvalue weighted by Gasteiger charge is -2.10. The molecule has 0 saturated heterocycles. The highest BCUT2D eigenvalue weighted by molar-refractivity contribution is 5.91. The molecular weight excluding hydrogens is 363 g/mol. The van der Waals surface area contributed by atoms with Crippen molar-refractivity contribution in [1.82, 2.24) is 0 Å². The molecular formula is C21H15F5O. The number of hydrogen-bond acceptors (Lipinski definition) is 1. The highest BCUT2D eigenvalue weighted by atomic mass is 19.2. The molecule has 3 aromatic rings. The van der Waals surface area contributed by atoms with Gasteiger partial charge in [0.25, 0.3) is 0 Å². The summed E-state index contributed by atoms with van der Waals surface area (Å²) in [5, 5.41) is -0.803. The third kappa shape index (κ3) is 3.27. The monoisotopic (exact) mass is 378 g/mol. The van der Waals surface area contributed by atoms with Gasteiger partial charge in [-0.3, -0.25) is 0 Å². The summed E-state index contributed by atoms with van der Waals surface area (Å²) in [5.74, 6) is -7.57. The average Bonchev–Trinajstić information content (AvgIpc) is 2.69. The molecule has 6 heteroatoms. The van der Waals surface area contributed by atoms with Gasteiger partial charge in [-0.05, 0) is 29.5 Å². The highest BCUT2D eigenvalue weighted by Gasteiger charge is 2.23. The number of methoxy groups -OCH3 is 1. The molecule has 0 spiro atoms. The summed E-state index contributed by atoms with van der Waals surface area (Å²) in [7, 11) is 1.18. The van der Waals surface area contributed by atoms with E-state index in [4.69, 9.17) is 4.74 Å². The molecule has 0 radical (unpaired) electrons. The van der Waals surface area contributed by atoms with E-state index in [9.17, 15) is 22.0 Å². The molecule has 0 aliphatic heterocycles. The fourth-order valence-corrected chi connectivity index (χ4v) is 2.81. The van der Waals surface area contributed by atoms with Crippen LogP contribution in [0.25, 0.3) is 22.4 Å². The minimum atomic E-state index is -1.67. The highest BCUT2D eigenvalue weighted by Crippen LogP contribution is 2.36. The lowest BCUT2D eigenvalue weighted by molar-refractivity contribution is 0.388. The molecule has 0 N–H and O–H groups in total. The van der Waals surface area contributed by atoms with Gasteiger partial charge < -0.3 is 4.74 Å². The van der Waals surface area contributed by atoms with E-state index in [1.807, 2.05) is 6.92 Å². The van der Waals surface area contributed by atoms with Crippen LogP contribution in [0.3, 0.4) is 0 Å². The maximum atomic E-state index is 14.6. The van der Waals surface area contributed by atoms with Crippen LogP contribution in [0.5, 0.6) is 5.75 Å². The lowest BCUT2D eigenvalue weighted by Crippen LogP contribution is -1.98. The Morgan fingerprint density at radius 3 is 2.11 bits per heavy atom. The van der Waals surface area contributed by atoms with Crippen molar-refractivity contribution in [3.8, 4) is 5.75 Å². The molecule has 27 heavy (non-hydrogen) atoms. The Labute approximate surface area is 152 Å². The van der Waals surface area contributed by atoms with Crippen molar-refractivity contribution in [2.75, 3.05) is 7.11 Å². The van der Waals surface area contributed by atoms with Crippen molar-refractivity contribution in [3.63, 3.8) is 0 Å². The van der Waals surface area contributed by atoms with E-state index in [0.717, 1.165) is 11.6 Å². The molecule has 3 rings (SSSR count). The molecule has 1 nitrogen and oxygen atoms in total. The summed E-state index contributed by atoms with van der Waals surface area (Å²) in [5.41, 5.74) is -0.105. The molecule has 0 unspecified atom stereocenters. The quantitative estimate of drug-likeness (QED) is 0.367. The predicted octanol–water partition coefficient (Wildman–Crippen LogP) is 6.59. The van der Waals surface area contributed by atoms with Gasteiger partial charge in [-0.25, -0.2) is 22.0 Å². The second-order valence-corrected chi connectivity index (χ2v) is 5.91. The van der Waals surface area contributed by atoms with Gasteiger partial charge in [0.1, 0.15) is 0 Å². The second kappa shape index (κ2) is 7.39. The summed E-state index contributed by atoms with van der Waals surface area (Å²) < 4.78 is 76.8. The van der Waals surface area contributed by atoms with E-state index in [2.05, 4.69) is 0 Å². The molecule has 0 fully saturated rings. The van der Waals surface area contributed by atoms with Crippen LogP contribution in [-0.2, 0) is 6.42 Å². The van der Waals surface area contributed by atoms with Gasteiger partial charge in [0.05, 0.1) is 18.1 Å². The number of benzene rings is 3. The zero-order chi connectivity index (χ0) is 19.7. The smallest absolute Gasteiger partial charge is 0.175 e. The van der Waals surface area contributed by atoms with E-state index in [-0.39, 0.29) is 16.7 Å². The van der Waals surface area contributed by atoms with Crippen molar-refractivity contribution in [2.45, 2.75) is 13.3 Å². The van der Waals surface area contributed by atoms with Gasteiger partial charge in [0.15, 0.2) is 34.9 Å². The van der Waals surface area contributed by atoms with E-state index >= 15 is 0 Å². The molecule has 0 bridgehead atoms. The molecule has 0 aliphatic carbocycles. The Bertz CT molecular complexity index is 1040. The molecule has 0 saturated carbocycles. The normalized spacial score (nSPS) is 12.3. The maximum Gasteiger partial charge on any atom is 0.175 e. The topological polar surface area (TPSA) is 9.23 Å². The van der Waals surface area contributed by atoms with Gasteiger partial charge in [-0.15, -0.1) is 0 Å². The second-order valence-electron chi connectivity index (χ2n) is 5.91. The molecule has 0 aromatic heterocycles. The van der Waals surface area contributed by atoms with Gasteiger partial charge in [-0.2, -0.15) is 0 Å². The first-order valence-corrected chi connectivity index (χ1v) is 8.18. The Morgan fingerprint density at radius 1 is 0.852 bits per heavy atom. The SMILES string of the molecule is CCc1ccc(C(F)=C(F)c2cc3ccc(OC)c(F)c3c(F)c2F)cc1. The standard InChI is InChI=1S/C21H15F5O/c1-3-11-4-6-12(7-5-11)17(22)18(23)14-10-13-8-9-15(27-2)20(25)16(13)21(26)19(14)24/h4-10H,3H2,1-2H3. The van der Waals surface area contributed by atoms with Crippen LogP contribution >= 0.6 is 0 Å². The van der Waals surface area contributed by atoms with Crippen LogP contribution in [0, 0.1) is 17.5 Å². The van der Waals surface area contributed by atoms with E-state index in [0.29, 0.717) is 6.42 Å². The first kappa shape index (κ1) is 18.9. The van der Waals surface area contributed by atoms with Crippen LogP contribution < -0.4 is 4.74 Å². The third-order valence-corrected chi connectivity index (χ3v) is 4.35. The largest absolute Gasteiger partial charge is 0.494 e. The zero-order valence-corrected chi connectivity index (χ0v) is 14.5. The molecule has 0 aliphatic rings. The van der Waals surface area contributed by atoms with Crippen molar-refractivity contribution in [3.05, 3.63) is 76.6 Å². The summed E-state index contributed by atoms with van der Waals surface area (Å²) in [6, 6.07) is 9.24. The van der Waals surface area contributed by atoms with E-state index in [1.54, 1.807) is 12.1 Å². The Balaban J connectivity index is 2.19. The lowest BCUT2D eigenvalue weighted by atomic mass is 10.0. The first-order valence-electron chi connectivity index (χ1n) is 8.18. The van der Waals surface area contributed by atoms with Crippen LogP contribution in [0.15, 0.2) is 42.5 Å². The van der Waals surface area contributed by atoms with Crippen LogP contribution in [0.4, 0.5) is 22.0 Å². The van der Waals surface area contributed by atoms with Gasteiger partial charge in [0.2, 0.25) is 0 Å². The number of hydrogen-bond donors (Lipinski definition) is 0. The Hall–Kier alpha value is -2.89. The van der Waals surface area contributed by atoms with Crippen LogP contribution in [0.2, 0.25) is 0 Å². The first-order chi connectivity index (χ1) is 12.9. The fourth-order valence-electron chi connectivity index (χ4n) is 2.81. The predicted molar refractivity (Wildman–Crippen MR) is 95.2 cm³/mol. The molecule has 3 aromatic carbocycles. The molecule has 0 amide bonds. The van der Waals surface area contributed by atoms with Crippen molar-refractivity contribution in [1.29, 1.82) is 0 Å². The number of ether oxygens (including phenoxy) is 1. The van der Waals surface area contributed by atoms with Crippen molar-refractivity contribution >= 4 is 22.4 Å². The van der Waals surface area contributed by atoms with Gasteiger partial charge >= 0.3 is 0 Å². The van der Waals surface area contributed by atoms with Crippen LogP contribution in [0.1, 0.15) is 23.6 Å². The van der Waals surface area contributed by atoms with Crippen molar-refractivity contribution in [2.24, 2.45) is 0 Å². The number of aryl methyl sites for hydroxylation is 1. The summed E-state index contributed by atoms with van der Waals surface area (Å²) in [6.45, 7) is 1.91. The molecule has 0 heterocycles. The third-order valence-electron chi connectivity index (χ3n) is 4.35. The van der Waals surface area contributed by atoms with Gasteiger partial charge in [-0.1, -0.05) is 37.3 Å². The number of rotatable bonds is 4. The minimum absolute atomic E-state index is 0.106. The van der Waals surface area contributed by atoms with Gasteiger partial charge in [0, 0.05) is 5.56 Å².